The molecule has 1 rings (SSSR count). The molecule has 0 saturated carbocycles. The number of carbonyl (C=O) groups is 1. The Hall–Kier alpha value is -0.610. The van der Waals surface area contributed by atoms with Gasteiger partial charge in [-0.05, 0) is 13.8 Å². The molecule has 4 heteroatoms. The predicted octanol–water partition coefficient (Wildman–Crippen LogP) is 0.180. The lowest BCUT2D eigenvalue weighted by Crippen LogP contribution is -2.48. The van der Waals surface area contributed by atoms with E-state index in [-0.39, 0.29) is 6.10 Å². The fourth-order valence-electron chi connectivity index (χ4n) is 1.35. The van der Waals surface area contributed by atoms with E-state index in [9.17, 15) is 4.79 Å². The van der Waals surface area contributed by atoms with E-state index in [2.05, 4.69) is 0 Å². The number of ether oxygens (including phenoxy) is 1. The number of carboxylic acids is 1. The van der Waals surface area contributed by atoms with Crippen LogP contribution in [0.3, 0.4) is 0 Å². The van der Waals surface area contributed by atoms with Crippen molar-refractivity contribution < 1.29 is 14.6 Å². The zero-order valence-electron chi connectivity index (χ0n) is 7.49. The van der Waals surface area contributed by atoms with E-state index in [4.69, 9.17) is 9.84 Å². The van der Waals surface area contributed by atoms with Crippen LogP contribution in [-0.2, 0) is 9.53 Å². The van der Waals surface area contributed by atoms with Crippen molar-refractivity contribution in [1.29, 1.82) is 0 Å². The standard InChI is InChI=1S/C8H15NO3/c1-6-5-9(3-4-12-6)7(2)8(10)11/h6-7H,3-5H2,1-2H3,(H,10,11). The summed E-state index contributed by atoms with van der Waals surface area (Å²) in [6, 6.07) is -0.392. The Morgan fingerprint density at radius 1 is 1.75 bits per heavy atom. The first kappa shape index (κ1) is 9.48. The van der Waals surface area contributed by atoms with Gasteiger partial charge in [-0.3, -0.25) is 9.69 Å². The first-order chi connectivity index (χ1) is 5.61. The molecule has 0 aromatic carbocycles. The largest absolute Gasteiger partial charge is 0.480 e. The van der Waals surface area contributed by atoms with Crippen molar-refractivity contribution in [2.45, 2.75) is 26.0 Å². The highest BCUT2D eigenvalue weighted by atomic mass is 16.5. The monoisotopic (exact) mass is 173 g/mol. The molecule has 0 aromatic heterocycles. The molecule has 0 aliphatic carbocycles. The van der Waals surface area contributed by atoms with Gasteiger partial charge in [-0.2, -0.15) is 0 Å². The summed E-state index contributed by atoms with van der Waals surface area (Å²) in [7, 11) is 0. The van der Waals surface area contributed by atoms with E-state index in [0.29, 0.717) is 13.2 Å². The molecule has 0 amide bonds. The number of carboxylic acid groups (broad SMARTS) is 1. The van der Waals surface area contributed by atoms with Crippen LogP contribution >= 0.6 is 0 Å². The minimum absolute atomic E-state index is 0.153. The normalized spacial score (nSPS) is 28.3. The van der Waals surface area contributed by atoms with Crippen LogP contribution in [0.4, 0.5) is 0 Å². The maximum Gasteiger partial charge on any atom is 0.320 e. The van der Waals surface area contributed by atoms with Gasteiger partial charge in [-0.25, -0.2) is 0 Å². The molecule has 0 aromatic rings. The molecule has 0 bridgehead atoms. The third kappa shape index (κ3) is 2.19. The van der Waals surface area contributed by atoms with Crippen LogP contribution in [-0.4, -0.2) is 47.8 Å². The highest BCUT2D eigenvalue weighted by molar-refractivity contribution is 5.72. The summed E-state index contributed by atoms with van der Waals surface area (Å²) < 4.78 is 5.30. The number of hydrogen-bond donors (Lipinski definition) is 1. The van der Waals surface area contributed by atoms with Crippen LogP contribution in [0, 0.1) is 0 Å². The Bertz CT molecular complexity index is 172. The molecule has 1 aliphatic heterocycles. The number of hydrogen-bond acceptors (Lipinski definition) is 3. The molecule has 1 saturated heterocycles. The molecular formula is C8H15NO3. The highest BCUT2D eigenvalue weighted by Crippen LogP contribution is 2.08. The second-order valence-corrected chi connectivity index (χ2v) is 3.19. The molecule has 70 valence electrons. The fraction of sp³-hybridized carbons (Fsp3) is 0.875. The second-order valence-electron chi connectivity index (χ2n) is 3.19. The molecule has 1 N–H and O–H groups in total. The first-order valence-corrected chi connectivity index (χ1v) is 4.19. The maximum absolute atomic E-state index is 10.6. The van der Waals surface area contributed by atoms with Crippen LogP contribution in [0.5, 0.6) is 0 Å². The maximum atomic E-state index is 10.6. The Balaban J connectivity index is 2.45. The summed E-state index contributed by atoms with van der Waals surface area (Å²) >= 11 is 0. The molecule has 1 aliphatic rings. The first-order valence-electron chi connectivity index (χ1n) is 4.19. The van der Waals surface area contributed by atoms with E-state index >= 15 is 0 Å². The molecule has 1 fully saturated rings. The van der Waals surface area contributed by atoms with Gasteiger partial charge in [0.25, 0.3) is 0 Å². The molecule has 1 heterocycles. The smallest absolute Gasteiger partial charge is 0.320 e. The van der Waals surface area contributed by atoms with Gasteiger partial charge in [0, 0.05) is 13.1 Å². The van der Waals surface area contributed by atoms with Gasteiger partial charge in [-0.15, -0.1) is 0 Å². The molecule has 2 unspecified atom stereocenters. The summed E-state index contributed by atoms with van der Waals surface area (Å²) in [4.78, 5) is 12.5. The van der Waals surface area contributed by atoms with Crippen molar-refractivity contribution in [2.24, 2.45) is 0 Å². The zero-order chi connectivity index (χ0) is 9.14. The lowest BCUT2D eigenvalue weighted by molar-refractivity contribution is -0.145. The Morgan fingerprint density at radius 3 is 2.92 bits per heavy atom. The van der Waals surface area contributed by atoms with Gasteiger partial charge in [0.1, 0.15) is 6.04 Å². The van der Waals surface area contributed by atoms with Crippen LogP contribution in [0.2, 0.25) is 0 Å². The van der Waals surface area contributed by atoms with Crippen LogP contribution in [0.1, 0.15) is 13.8 Å². The third-order valence-electron chi connectivity index (χ3n) is 2.18. The van der Waals surface area contributed by atoms with E-state index in [0.717, 1.165) is 6.54 Å². The SMILES string of the molecule is CC1CN(C(C)C(=O)O)CCO1. The minimum atomic E-state index is -0.760. The summed E-state index contributed by atoms with van der Waals surface area (Å²) in [5.74, 6) is -0.760. The molecule has 0 spiro atoms. The molecule has 12 heavy (non-hydrogen) atoms. The molecule has 0 radical (unpaired) electrons. The summed E-state index contributed by atoms with van der Waals surface area (Å²) in [5.41, 5.74) is 0. The third-order valence-corrected chi connectivity index (χ3v) is 2.18. The Labute approximate surface area is 72.1 Å². The van der Waals surface area contributed by atoms with Crippen LogP contribution < -0.4 is 0 Å². The van der Waals surface area contributed by atoms with Crippen molar-refractivity contribution >= 4 is 5.97 Å². The molecule has 2 atom stereocenters. The van der Waals surface area contributed by atoms with Crippen molar-refractivity contribution in [3.05, 3.63) is 0 Å². The van der Waals surface area contributed by atoms with Crippen molar-refractivity contribution in [2.75, 3.05) is 19.7 Å². The van der Waals surface area contributed by atoms with Crippen molar-refractivity contribution in [1.82, 2.24) is 4.90 Å². The summed E-state index contributed by atoms with van der Waals surface area (Å²) in [5, 5.41) is 8.74. The number of morpholine rings is 1. The average Bonchev–Trinajstić information content (AvgIpc) is 2.03. The quantitative estimate of drug-likeness (QED) is 0.647. The lowest BCUT2D eigenvalue weighted by Gasteiger charge is -2.33. The number of nitrogens with zero attached hydrogens (tertiary/aromatic N) is 1. The summed E-state index contributed by atoms with van der Waals surface area (Å²) in [6.07, 6.45) is 0.153. The zero-order valence-corrected chi connectivity index (χ0v) is 7.49. The van der Waals surface area contributed by atoms with Crippen LogP contribution in [0.15, 0.2) is 0 Å². The fourth-order valence-corrected chi connectivity index (χ4v) is 1.35. The Morgan fingerprint density at radius 2 is 2.42 bits per heavy atom. The number of rotatable bonds is 2. The van der Waals surface area contributed by atoms with Crippen molar-refractivity contribution in [3.8, 4) is 0 Å². The molecular weight excluding hydrogens is 158 g/mol. The van der Waals surface area contributed by atoms with Gasteiger partial charge in [-0.1, -0.05) is 0 Å². The van der Waals surface area contributed by atoms with Crippen molar-refractivity contribution in [3.63, 3.8) is 0 Å². The van der Waals surface area contributed by atoms with Gasteiger partial charge < -0.3 is 9.84 Å². The van der Waals surface area contributed by atoms with Gasteiger partial charge in [0.15, 0.2) is 0 Å². The van der Waals surface area contributed by atoms with Gasteiger partial charge in [0.05, 0.1) is 12.7 Å². The second kappa shape index (κ2) is 3.87. The Kier molecular flexibility index (Phi) is 3.05. The predicted molar refractivity (Wildman–Crippen MR) is 44.1 cm³/mol. The van der Waals surface area contributed by atoms with Crippen LogP contribution in [0.25, 0.3) is 0 Å². The minimum Gasteiger partial charge on any atom is -0.480 e. The van der Waals surface area contributed by atoms with E-state index < -0.39 is 12.0 Å². The topological polar surface area (TPSA) is 49.8 Å². The van der Waals surface area contributed by atoms with Gasteiger partial charge in [0.2, 0.25) is 0 Å². The summed E-state index contributed by atoms with van der Waals surface area (Å²) in [6.45, 7) is 5.74. The van der Waals surface area contributed by atoms with E-state index in [1.807, 2.05) is 11.8 Å². The van der Waals surface area contributed by atoms with E-state index in [1.54, 1.807) is 6.92 Å². The number of aliphatic carboxylic acids is 1. The van der Waals surface area contributed by atoms with E-state index in [1.165, 1.54) is 0 Å². The average molecular weight is 173 g/mol. The lowest BCUT2D eigenvalue weighted by atomic mass is 10.2. The molecule has 4 nitrogen and oxygen atoms in total. The highest BCUT2D eigenvalue weighted by Gasteiger charge is 2.25. The van der Waals surface area contributed by atoms with Gasteiger partial charge >= 0.3 is 5.97 Å².